The van der Waals surface area contributed by atoms with Crippen molar-refractivity contribution in [2.75, 3.05) is 13.1 Å². The molecule has 23 heavy (non-hydrogen) atoms. The molecule has 0 aromatic carbocycles. The first-order chi connectivity index (χ1) is 10.8. The number of amides is 2. The van der Waals surface area contributed by atoms with Gasteiger partial charge in [0.1, 0.15) is 5.60 Å². The number of carbonyl (C=O) groups is 2. The van der Waals surface area contributed by atoms with E-state index in [1.54, 1.807) is 17.3 Å². The lowest BCUT2D eigenvalue weighted by Crippen LogP contribution is -2.46. The van der Waals surface area contributed by atoms with Crippen LogP contribution in [0.3, 0.4) is 0 Å². The molecule has 6 heteroatoms. The van der Waals surface area contributed by atoms with E-state index in [0.29, 0.717) is 19.6 Å². The van der Waals surface area contributed by atoms with E-state index in [4.69, 9.17) is 4.74 Å². The van der Waals surface area contributed by atoms with Crippen molar-refractivity contribution in [1.82, 2.24) is 15.2 Å². The first-order valence-corrected chi connectivity index (χ1v) is 8.00. The van der Waals surface area contributed by atoms with Crippen LogP contribution in [0, 0.1) is 5.92 Å². The van der Waals surface area contributed by atoms with Crippen LogP contribution in [-0.2, 0) is 16.1 Å². The Balaban J connectivity index is 1.85. The normalized spacial score (nSPS) is 18.4. The van der Waals surface area contributed by atoms with Gasteiger partial charge in [0.15, 0.2) is 0 Å². The molecule has 2 rings (SSSR count). The van der Waals surface area contributed by atoms with Crippen molar-refractivity contribution >= 4 is 12.0 Å². The third-order valence-corrected chi connectivity index (χ3v) is 3.63. The number of rotatable bonds is 3. The lowest BCUT2D eigenvalue weighted by Gasteiger charge is -2.33. The van der Waals surface area contributed by atoms with Gasteiger partial charge in [0, 0.05) is 32.0 Å². The smallest absolute Gasteiger partial charge is 0.410 e. The lowest BCUT2D eigenvalue weighted by atomic mass is 9.97. The van der Waals surface area contributed by atoms with Gasteiger partial charge >= 0.3 is 6.09 Å². The van der Waals surface area contributed by atoms with Gasteiger partial charge in [0.25, 0.3) is 0 Å². The van der Waals surface area contributed by atoms with Crippen molar-refractivity contribution in [3.05, 3.63) is 30.1 Å². The van der Waals surface area contributed by atoms with Gasteiger partial charge in [-0.05, 0) is 45.2 Å². The van der Waals surface area contributed by atoms with E-state index in [0.717, 1.165) is 18.4 Å². The van der Waals surface area contributed by atoms with E-state index in [-0.39, 0.29) is 17.9 Å². The van der Waals surface area contributed by atoms with Crippen LogP contribution in [0.4, 0.5) is 4.79 Å². The molecule has 1 aliphatic heterocycles. The summed E-state index contributed by atoms with van der Waals surface area (Å²) in [5.74, 6) is -0.213. The maximum atomic E-state index is 12.3. The zero-order valence-corrected chi connectivity index (χ0v) is 14.0. The van der Waals surface area contributed by atoms with Crippen LogP contribution in [0.1, 0.15) is 39.2 Å². The number of piperidine rings is 1. The maximum Gasteiger partial charge on any atom is 0.410 e. The van der Waals surface area contributed by atoms with Crippen LogP contribution in [-0.4, -0.2) is 40.6 Å². The minimum absolute atomic E-state index is 0.0258. The molecular formula is C17H25N3O3. The Morgan fingerprint density at radius 3 is 2.87 bits per heavy atom. The molecule has 1 aromatic heterocycles. The monoisotopic (exact) mass is 319 g/mol. The highest BCUT2D eigenvalue weighted by molar-refractivity contribution is 5.80. The number of hydrogen-bond donors (Lipinski definition) is 1. The number of nitrogens with one attached hydrogen (secondary N) is 1. The van der Waals surface area contributed by atoms with E-state index in [9.17, 15) is 9.59 Å². The Morgan fingerprint density at radius 2 is 2.22 bits per heavy atom. The summed E-state index contributed by atoms with van der Waals surface area (Å²) in [7, 11) is 0. The predicted molar refractivity (Wildman–Crippen MR) is 86.6 cm³/mol. The molecule has 2 amide bonds. The van der Waals surface area contributed by atoms with Gasteiger partial charge in [-0.3, -0.25) is 9.78 Å². The van der Waals surface area contributed by atoms with Crippen LogP contribution >= 0.6 is 0 Å². The molecule has 0 radical (unpaired) electrons. The van der Waals surface area contributed by atoms with E-state index >= 15 is 0 Å². The summed E-state index contributed by atoms with van der Waals surface area (Å²) in [5.41, 5.74) is 0.438. The molecule has 1 saturated heterocycles. The Morgan fingerprint density at radius 1 is 1.43 bits per heavy atom. The molecule has 1 unspecified atom stereocenters. The second-order valence-electron chi connectivity index (χ2n) is 6.84. The fraction of sp³-hybridized carbons (Fsp3) is 0.588. The average Bonchev–Trinajstić information content (AvgIpc) is 2.52. The van der Waals surface area contributed by atoms with Crippen molar-refractivity contribution in [2.24, 2.45) is 5.92 Å². The molecule has 1 N–H and O–H groups in total. The highest BCUT2D eigenvalue weighted by atomic mass is 16.6. The summed E-state index contributed by atoms with van der Waals surface area (Å²) in [6.45, 7) is 7.03. The summed E-state index contributed by atoms with van der Waals surface area (Å²) in [6.07, 6.45) is 4.68. The minimum atomic E-state index is -0.521. The topological polar surface area (TPSA) is 71.5 Å². The van der Waals surface area contributed by atoms with E-state index in [2.05, 4.69) is 10.3 Å². The van der Waals surface area contributed by atoms with Gasteiger partial charge in [0.2, 0.25) is 5.91 Å². The summed E-state index contributed by atoms with van der Waals surface area (Å²) in [5, 5.41) is 2.92. The van der Waals surface area contributed by atoms with Crippen LogP contribution in [0.15, 0.2) is 24.5 Å². The van der Waals surface area contributed by atoms with Gasteiger partial charge in [-0.15, -0.1) is 0 Å². The van der Waals surface area contributed by atoms with Crippen LogP contribution in [0.25, 0.3) is 0 Å². The molecule has 0 spiro atoms. The van der Waals surface area contributed by atoms with Crippen molar-refractivity contribution < 1.29 is 14.3 Å². The maximum absolute atomic E-state index is 12.3. The summed E-state index contributed by atoms with van der Waals surface area (Å²) in [6, 6.07) is 3.76. The van der Waals surface area contributed by atoms with Crippen molar-refractivity contribution in [3.8, 4) is 0 Å². The molecule has 6 nitrogen and oxygen atoms in total. The van der Waals surface area contributed by atoms with Gasteiger partial charge in [0.05, 0.1) is 5.92 Å². The Hall–Kier alpha value is -2.11. The number of pyridine rings is 1. The van der Waals surface area contributed by atoms with Gasteiger partial charge in [-0.2, -0.15) is 0 Å². The minimum Gasteiger partial charge on any atom is -0.444 e. The molecule has 1 aliphatic rings. The lowest BCUT2D eigenvalue weighted by molar-refractivity contribution is -0.126. The molecule has 1 aromatic rings. The van der Waals surface area contributed by atoms with Crippen LogP contribution in [0.5, 0.6) is 0 Å². The predicted octanol–water partition coefficient (Wildman–Crippen LogP) is 2.34. The SMILES string of the molecule is CC(C)(C)OC(=O)N1CCCC(C(=O)NCc2cccnc2)C1. The largest absolute Gasteiger partial charge is 0.444 e. The second-order valence-corrected chi connectivity index (χ2v) is 6.84. The van der Waals surface area contributed by atoms with Crippen molar-refractivity contribution in [1.29, 1.82) is 0 Å². The third-order valence-electron chi connectivity index (χ3n) is 3.63. The zero-order chi connectivity index (χ0) is 16.9. The number of aromatic nitrogens is 1. The van der Waals surface area contributed by atoms with E-state index in [1.165, 1.54) is 0 Å². The molecule has 126 valence electrons. The zero-order valence-electron chi connectivity index (χ0n) is 14.0. The second kappa shape index (κ2) is 7.44. The molecule has 0 saturated carbocycles. The standard InChI is InChI=1S/C17H25N3O3/c1-17(2,3)23-16(22)20-9-5-7-14(12-20)15(21)19-11-13-6-4-8-18-10-13/h4,6,8,10,14H,5,7,9,11-12H2,1-3H3,(H,19,21). The first-order valence-electron chi connectivity index (χ1n) is 8.00. The molecular weight excluding hydrogens is 294 g/mol. The highest BCUT2D eigenvalue weighted by Crippen LogP contribution is 2.19. The first kappa shape index (κ1) is 17.2. The summed E-state index contributed by atoms with van der Waals surface area (Å²) >= 11 is 0. The Bertz CT molecular complexity index is 540. The third kappa shape index (κ3) is 5.54. The number of hydrogen-bond acceptors (Lipinski definition) is 4. The van der Waals surface area contributed by atoms with Crippen LogP contribution < -0.4 is 5.32 Å². The number of ether oxygens (including phenoxy) is 1. The number of likely N-dealkylation sites (tertiary alicyclic amines) is 1. The molecule has 2 heterocycles. The molecule has 1 fully saturated rings. The summed E-state index contributed by atoms with van der Waals surface area (Å²) in [4.78, 5) is 30.1. The van der Waals surface area contributed by atoms with Gasteiger partial charge in [-0.1, -0.05) is 6.07 Å². The number of carbonyl (C=O) groups excluding carboxylic acids is 2. The number of nitrogens with zero attached hydrogens (tertiary/aromatic N) is 2. The van der Waals surface area contributed by atoms with Crippen molar-refractivity contribution in [2.45, 2.75) is 45.8 Å². The average molecular weight is 319 g/mol. The fourth-order valence-electron chi connectivity index (χ4n) is 2.52. The fourth-order valence-corrected chi connectivity index (χ4v) is 2.52. The molecule has 0 bridgehead atoms. The van der Waals surface area contributed by atoms with Crippen LogP contribution in [0.2, 0.25) is 0 Å². The quantitative estimate of drug-likeness (QED) is 0.928. The summed E-state index contributed by atoms with van der Waals surface area (Å²) < 4.78 is 5.38. The highest BCUT2D eigenvalue weighted by Gasteiger charge is 2.30. The molecule has 1 atom stereocenters. The Labute approximate surface area is 137 Å². The van der Waals surface area contributed by atoms with Gasteiger partial charge in [-0.25, -0.2) is 4.79 Å². The van der Waals surface area contributed by atoms with Crippen molar-refractivity contribution in [3.63, 3.8) is 0 Å². The van der Waals surface area contributed by atoms with Gasteiger partial charge < -0.3 is 15.0 Å². The van der Waals surface area contributed by atoms with E-state index < -0.39 is 5.60 Å². The Kier molecular flexibility index (Phi) is 5.58. The van der Waals surface area contributed by atoms with E-state index in [1.807, 2.05) is 32.9 Å². The molecule has 0 aliphatic carbocycles.